The van der Waals surface area contributed by atoms with Crippen molar-refractivity contribution in [2.45, 2.75) is 13.8 Å². The van der Waals surface area contributed by atoms with Crippen molar-refractivity contribution in [3.8, 4) is 11.4 Å². The quantitative estimate of drug-likeness (QED) is 0.665. The summed E-state index contributed by atoms with van der Waals surface area (Å²) in [5.41, 5.74) is 5.09. The van der Waals surface area contributed by atoms with Gasteiger partial charge in [0.15, 0.2) is 0 Å². The van der Waals surface area contributed by atoms with Crippen molar-refractivity contribution >= 4 is 17.5 Å². The second-order valence-electron chi connectivity index (χ2n) is 6.78. The third-order valence-electron chi connectivity index (χ3n) is 4.36. The summed E-state index contributed by atoms with van der Waals surface area (Å²) < 4.78 is 0. The van der Waals surface area contributed by atoms with Crippen LogP contribution in [0.2, 0.25) is 0 Å². The predicted molar refractivity (Wildman–Crippen MR) is 112 cm³/mol. The van der Waals surface area contributed by atoms with Crippen LogP contribution in [0.3, 0.4) is 0 Å². The van der Waals surface area contributed by atoms with Crippen LogP contribution in [0.1, 0.15) is 11.1 Å². The normalized spacial score (nSPS) is 10.9. The number of benzene rings is 1. The van der Waals surface area contributed by atoms with E-state index in [1.807, 2.05) is 44.4 Å². The second kappa shape index (κ2) is 8.60. The lowest BCUT2D eigenvalue weighted by atomic mass is 10.1. The van der Waals surface area contributed by atoms with Crippen LogP contribution < -0.4 is 10.6 Å². The molecule has 6 heteroatoms. The van der Waals surface area contributed by atoms with E-state index < -0.39 is 0 Å². The summed E-state index contributed by atoms with van der Waals surface area (Å²) in [6.07, 6.45) is 1.77. The molecule has 0 fully saturated rings. The van der Waals surface area contributed by atoms with E-state index in [1.54, 1.807) is 6.20 Å². The Bertz CT molecular complexity index is 892. The number of rotatable bonds is 7. The molecule has 1 aromatic carbocycles. The zero-order valence-electron chi connectivity index (χ0n) is 16.3. The molecule has 0 saturated carbocycles. The molecule has 0 unspecified atom stereocenters. The standard InChI is InChI=1S/C21H26N6/c1-15-8-7-10-17(16(15)2)24-20-14-19(18-9-5-6-11-22-18)25-21(26-20)23-12-13-27(3)4/h5-11,14H,12-13H2,1-4H3,(H2,23,24,25,26). The average molecular weight is 362 g/mol. The highest BCUT2D eigenvalue weighted by molar-refractivity contribution is 5.67. The third kappa shape index (κ3) is 5.01. The third-order valence-corrected chi connectivity index (χ3v) is 4.36. The lowest BCUT2D eigenvalue weighted by Gasteiger charge is -2.14. The molecule has 3 rings (SSSR count). The number of pyridine rings is 1. The van der Waals surface area contributed by atoms with Crippen LogP contribution in [0.4, 0.5) is 17.5 Å². The highest BCUT2D eigenvalue weighted by atomic mass is 15.2. The summed E-state index contributed by atoms with van der Waals surface area (Å²) in [4.78, 5) is 15.8. The van der Waals surface area contributed by atoms with Gasteiger partial charge in [0.2, 0.25) is 5.95 Å². The zero-order chi connectivity index (χ0) is 19.2. The summed E-state index contributed by atoms with van der Waals surface area (Å²) in [6.45, 7) is 5.88. The Labute approximate surface area is 160 Å². The Morgan fingerprint density at radius 3 is 2.56 bits per heavy atom. The van der Waals surface area contributed by atoms with Gasteiger partial charge in [-0.2, -0.15) is 4.98 Å². The first-order valence-corrected chi connectivity index (χ1v) is 9.05. The van der Waals surface area contributed by atoms with Gasteiger partial charge in [-0.25, -0.2) is 4.98 Å². The largest absolute Gasteiger partial charge is 0.353 e. The molecule has 0 aliphatic carbocycles. The minimum Gasteiger partial charge on any atom is -0.353 e. The summed E-state index contributed by atoms with van der Waals surface area (Å²) >= 11 is 0. The van der Waals surface area contributed by atoms with Gasteiger partial charge in [-0.1, -0.05) is 18.2 Å². The first-order valence-electron chi connectivity index (χ1n) is 9.05. The van der Waals surface area contributed by atoms with Crippen molar-refractivity contribution in [1.29, 1.82) is 0 Å². The number of hydrogen-bond acceptors (Lipinski definition) is 6. The predicted octanol–water partition coefficient (Wildman–Crippen LogP) is 3.87. The van der Waals surface area contributed by atoms with Gasteiger partial charge in [0.05, 0.1) is 11.4 Å². The first kappa shape index (κ1) is 18.8. The number of hydrogen-bond donors (Lipinski definition) is 2. The molecule has 3 aromatic rings. The van der Waals surface area contributed by atoms with E-state index in [0.29, 0.717) is 5.95 Å². The van der Waals surface area contributed by atoms with E-state index in [1.165, 1.54) is 11.1 Å². The Morgan fingerprint density at radius 1 is 0.963 bits per heavy atom. The molecule has 0 aliphatic rings. The van der Waals surface area contributed by atoms with Gasteiger partial charge >= 0.3 is 0 Å². The van der Waals surface area contributed by atoms with Gasteiger partial charge in [-0.3, -0.25) is 4.98 Å². The number of aromatic nitrogens is 3. The van der Waals surface area contributed by atoms with E-state index in [4.69, 9.17) is 0 Å². The molecule has 0 spiro atoms. The first-order chi connectivity index (χ1) is 13.0. The minimum absolute atomic E-state index is 0.591. The molecule has 27 heavy (non-hydrogen) atoms. The van der Waals surface area contributed by atoms with Crippen molar-refractivity contribution in [2.75, 3.05) is 37.8 Å². The molecule has 0 amide bonds. The molecular formula is C21H26N6. The monoisotopic (exact) mass is 362 g/mol. The molecule has 0 saturated heterocycles. The molecule has 0 radical (unpaired) electrons. The Hall–Kier alpha value is -2.99. The van der Waals surface area contributed by atoms with Gasteiger partial charge in [0.1, 0.15) is 5.82 Å². The molecule has 2 N–H and O–H groups in total. The summed E-state index contributed by atoms with van der Waals surface area (Å²) in [5, 5.41) is 6.74. The fourth-order valence-electron chi connectivity index (χ4n) is 2.65. The van der Waals surface area contributed by atoms with Crippen LogP contribution in [0.25, 0.3) is 11.4 Å². The van der Waals surface area contributed by atoms with E-state index >= 15 is 0 Å². The maximum absolute atomic E-state index is 4.64. The lowest BCUT2D eigenvalue weighted by Crippen LogP contribution is -2.21. The molecule has 0 atom stereocenters. The highest BCUT2D eigenvalue weighted by Gasteiger charge is 2.09. The Balaban J connectivity index is 1.92. The number of likely N-dealkylation sites (N-methyl/N-ethyl adjacent to an activating group) is 1. The fourth-order valence-corrected chi connectivity index (χ4v) is 2.65. The summed E-state index contributed by atoms with van der Waals surface area (Å²) in [7, 11) is 4.08. The van der Waals surface area contributed by atoms with E-state index in [0.717, 1.165) is 36.0 Å². The molecule has 2 heterocycles. The second-order valence-corrected chi connectivity index (χ2v) is 6.78. The van der Waals surface area contributed by atoms with Crippen LogP contribution in [0.15, 0.2) is 48.7 Å². The number of anilines is 3. The van der Waals surface area contributed by atoms with Gasteiger partial charge in [0, 0.05) is 31.0 Å². The topological polar surface area (TPSA) is 66.0 Å². The molecule has 2 aromatic heterocycles. The minimum atomic E-state index is 0.591. The van der Waals surface area contributed by atoms with Crippen LogP contribution in [-0.4, -0.2) is 47.0 Å². The van der Waals surface area contributed by atoms with Crippen LogP contribution >= 0.6 is 0 Å². The van der Waals surface area contributed by atoms with Crippen molar-refractivity contribution in [3.05, 3.63) is 59.8 Å². The smallest absolute Gasteiger partial charge is 0.225 e. The zero-order valence-corrected chi connectivity index (χ0v) is 16.3. The van der Waals surface area contributed by atoms with Crippen molar-refractivity contribution in [2.24, 2.45) is 0 Å². The molecule has 0 bridgehead atoms. The van der Waals surface area contributed by atoms with Gasteiger partial charge < -0.3 is 15.5 Å². The maximum atomic E-state index is 4.64. The van der Waals surface area contributed by atoms with Crippen molar-refractivity contribution < 1.29 is 0 Å². The fraction of sp³-hybridized carbons (Fsp3) is 0.286. The van der Waals surface area contributed by atoms with Crippen LogP contribution in [-0.2, 0) is 0 Å². The SMILES string of the molecule is Cc1cccc(Nc2cc(-c3ccccn3)nc(NCCN(C)C)n2)c1C. The van der Waals surface area contributed by atoms with Gasteiger partial charge in [0.25, 0.3) is 0 Å². The average Bonchev–Trinajstić information content (AvgIpc) is 2.66. The van der Waals surface area contributed by atoms with Gasteiger partial charge in [-0.05, 0) is 57.3 Å². The number of nitrogens with zero attached hydrogens (tertiary/aromatic N) is 4. The summed E-state index contributed by atoms with van der Waals surface area (Å²) in [5.74, 6) is 1.33. The Morgan fingerprint density at radius 2 is 1.81 bits per heavy atom. The van der Waals surface area contributed by atoms with Crippen LogP contribution in [0.5, 0.6) is 0 Å². The van der Waals surface area contributed by atoms with Crippen molar-refractivity contribution in [3.63, 3.8) is 0 Å². The molecule has 140 valence electrons. The number of nitrogens with one attached hydrogen (secondary N) is 2. The van der Waals surface area contributed by atoms with E-state index in [9.17, 15) is 0 Å². The molecular weight excluding hydrogens is 336 g/mol. The van der Waals surface area contributed by atoms with E-state index in [2.05, 4.69) is 56.5 Å². The van der Waals surface area contributed by atoms with Gasteiger partial charge in [-0.15, -0.1) is 0 Å². The maximum Gasteiger partial charge on any atom is 0.225 e. The van der Waals surface area contributed by atoms with E-state index in [-0.39, 0.29) is 0 Å². The lowest BCUT2D eigenvalue weighted by molar-refractivity contribution is 0.425. The van der Waals surface area contributed by atoms with Crippen molar-refractivity contribution in [1.82, 2.24) is 19.9 Å². The molecule has 0 aliphatic heterocycles. The molecule has 6 nitrogen and oxygen atoms in total. The highest BCUT2D eigenvalue weighted by Crippen LogP contribution is 2.25. The Kier molecular flexibility index (Phi) is 5.98. The van der Waals surface area contributed by atoms with Crippen LogP contribution in [0, 0.1) is 13.8 Å². The summed E-state index contributed by atoms with van der Waals surface area (Å²) in [6, 6.07) is 14.0. The number of aryl methyl sites for hydroxylation is 1.